The smallest absolute Gasteiger partial charge is 0.124 e. The number of hydrogen-bond donors (Lipinski definition) is 1. The summed E-state index contributed by atoms with van der Waals surface area (Å²) in [5.74, 6) is 0.565. The third-order valence-corrected chi connectivity index (χ3v) is 4.63. The maximum absolute atomic E-state index is 13.3. The van der Waals surface area contributed by atoms with Gasteiger partial charge in [-0.15, -0.1) is 0 Å². The van der Waals surface area contributed by atoms with E-state index in [1.807, 2.05) is 42.5 Å². The van der Waals surface area contributed by atoms with Crippen LogP contribution in [-0.4, -0.2) is 12.4 Å². The van der Waals surface area contributed by atoms with Gasteiger partial charge in [0.05, 0.1) is 12.6 Å². The second-order valence-corrected chi connectivity index (χ2v) is 6.59. The van der Waals surface area contributed by atoms with Crippen molar-refractivity contribution >= 4 is 5.84 Å². The van der Waals surface area contributed by atoms with Crippen molar-refractivity contribution in [2.45, 2.75) is 18.7 Å². The first kappa shape index (κ1) is 17.4. The lowest BCUT2D eigenvalue weighted by Crippen LogP contribution is -2.27. The van der Waals surface area contributed by atoms with Crippen LogP contribution in [0.25, 0.3) is 0 Å². The van der Waals surface area contributed by atoms with Crippen LogP contribution in [0.15, 0.2) is 89.9 Å². The molecule has 1 N–H and O–H groups in total. The van der Waals surface area contributed by atoms with E-state index in [1.165, 1.54) is 23.3 Å². The molecule has 2 atom stereocenters. The number of nitrogens with zero attached hydrogens (tertiary/aromatic N) is 1. The highest BCUT2D eigenvalue weighted by atomic mass is 19.1. The summed E-state index contributed by atoms with van der Waals surface area (Å²) in [7, 11) is 0. The van der Waals surface area contributed by atoms with Crippen molar-refractivity contribution in [2.75, 3.05) is 6.61 Å². The molecule has 1 heterocycles. The van der Waals surface area contributed by atoms with E-state index < -0.39 is 0 Å². The molecular formula is C23H21FN2O. The second-order valence-electron chi connectivity index (χ2n) is 6.59. The summed E-state index contributed by atoms with van der Waals surface area (Å²) in [6, 6.07) is 27.1. The normalized spacial score (nSPS) is 18.8. The minimum atomic E-state index is -0.249. The molecule has 0 aromatic heterocycles. The Bertz CT molecular complexity index is 912. The van der Waals surface area contributed by atoms with Crippen LogP contribution in [0.4, 0.5) is 4.39 Å². The minimum Gasteiger partial charge on any atom is -0.369 e. The maximum Gasteiger partial charge on any atom is 0.124 e. The zero-order chi connectivity index (χ0) is 18.5. The Balaban J connectivity index is 1.48. The van der Waals surface area contributed by atoms with Gasteiger partial charge in [-0.2, -0.15) is 0 Å². The van der Waals surface area contributed by atoms with Gasteiger partial charge in [-0.25, -0.2) is 4.39 Å². The van der Waals surface area contributed by atoms with E-state index in [4.69, 9.17) is 9.73 Å². The SMILES string of the molecule is Fc1cccc(COCC2=N[C@@H](c3ccccc3)[C@@H](c3ccccc3)N2)c1. The van der Waals surface area contributed by atoms with E-state index in [0.717, 1.165) is 11.4 Å². The quantitative estimate of drug-likeness (QED) is 0.683. The predicted octanol–water partition coefficient (Wildman–Crippen LogP) is 4.83. The van der Waals surface area contributed by atoms with Gasteiger partial charge in [-0.1, -0.05) is 72.8 Å². The molecule has 0 saturated carbocycles. The molecule has 3 aromatic carbocycles. The van der Waals surface area contributed by atoms with Crippen LogP contribution in [0.2, 0.25) is 0 Å². The Morgan fingerprint density at radius 1 is 0.815 bits per heavy atom. The molecule has 0 aliphatic carbocycles. The maximum atomic E-state index is 13.3. The standard InChI is InChI=1S/C23H21FN2O/c24-20-13-7-8-17(14-20)15-27-16-21-25-22(18-9-3-1-4-10-18)23(26-21)19-11-5-2-6-12-19/h1-14,22-23H,15-16H2,(H,25,26)/t22-,23+. The lowest BCUT2D eigenvalue weighted by Gasteiger charge is -2.19. The van der Waals surface area contributed by atoms with Crippen LogP contribution in [0.3, 0.4) is 0 Å². The largest absolute Gasteiger partial charge is 0.369 e. The highest BCUT2D eigenvalue weighted by Crippen LogP contribution is 2.35. The summed E-state index contributed by atoms with van der Waals surface area (Å²) in [5, 5.41) is 3.50. The van der Waals surface area contributed by atoms with Crippen molar-refractivity contribution in [1.82, 2.24) is 5.32 Å². The third kappa shape index (κ3) is 4.23. The number of halogens is 1. The molecule has 1 aliphatic heterocycles. The van der Waals surface area contributed by atoms with Crippen LogP contribution >= 0.6 is 0 Å². The third-order valence-electron chi connectivity index (χ3n) is 4.63. The molecule has 0 fully saturated rings. The van der Waals surface area contributed by atoms with E-state index >= 15 is 0 Å². The van der Waals surface area contributed by atoms with Crippen LogP contribution in [-0.2, 0) is 11.3 Å². The van der Waals surface area contributed by atoms with Gasteiger partial charge in [0.1, 0.15) is 24.3 Å². The zero-order valence-electron chi connectivity index (χ0n) is 14.9. The molecule has 136 valence electrons. The molecule has 3 nitrogen and oxygen atoms in total. The Hall–Kier alpha value is -2.98. The van der Waals surface area contributed by atoms with Crippen LogP contribution < -0.4 is 5.32 Å². The van der Waals surface area contributed by atoms with E-state index in [-0.39, 0.29) is 17.9 Å². The first-order chi connectivity index (χ1) is 13.3. The number of hydrogen-bond acceptors (Lipinski definition) is 3. The number of ether oxygens (including phenoxy) is 1. The Kier molecular flexibility index (Phi) is 5.26. The number of nitrogens with one attached hydrogen (secondary N) is 1. The van der Waals surface area contributed by atoms with E-state index in [0.29, 0.717) is 13.2 Å². The van der Waals surface area contributed by atoms with Gasteiger partial charge in [0.25, 0.3) is 0 Å². The highest BCUT2D eigenvalue weighted by molar-refractivity contribution is 5.86. The number of rotatable bonds is 6. The molecule has 1 aliphatic rings. The van der Waals surface area contributed by atoms with Gasteiger partial charge in [0.15, 0.2) is 0 Å². The van der Waals surface area contributed by atoms with Crippen molar-refractivity contribution < 1.29 is 9.13 Å². The van der Waals surface area contributed by atoms with E-state index in [2.05, 4.69) is 29.6 Å². The lowest BCUT2D eigenvalue weighted by atomic mass is 9.95. The number of amidine groups is 1. The second kappa shape index (κ2) is 8.14. The van der Waals surface area contributed by atoms with Gasteiger partial charge in [0, 0.05) is 0 Å². The molecule has 4 heteroatoms. The molecule has 3 aromatic rings. The molecule has 4 rings (SSSR count). The monoisotopic (exact) mass is 360 g/mol. The Morgan fingerprint density at radius 2 is 1.52 bits per heavy atom. The van der Waals surface area contributed by atoms with Gasteiger partial charge in [0.2, 0.25) is 0 Å². The average molecular weight is 360 g/mol. The molecule has 27 heavy (non-hydrogen) atoms. The fraction of sp³-hybridized carbons (Fsp3) is 0.174. The van der Waals surface area contributed by atoms with Gasteiger partial charge < -0.3 is 10.1 Å². The molecular weight excluding hydrogens is 339 g/mol. The van der Waals surface area contributed by atoms with Crippen LogP contribution in [0.1, 0.15) is 28.8 Å². The first-order valence-corrected chi connectivity index (χ1v) is 9.05. The Labute approximate surface area is 158 Å². The number of benzene rings is 3. The fourth-order valence-electron chi connectivity index (χ4n) is 3.35. The van der Waals surface area contributed by atoms with Crippen molar-refractivity contribution in [3.05, 3.63) is 107 Å². The fourth-order valence-corrected chi connectivity index (χ4v) is 3.35. The van der Waals surface area contributed by atoms with Crippen LogP contribution in [0, 0.1) is 5.82 Å². The first-order valence-electron chi connectivity index (χ1n) is 9.05. The molecule has 0 radical (unpaired) electrons. The average Bonchev–Trinajstić information content (AvgIpc) is 3.14. The van der Waals surface area contributed by atoms with Gasteiger partial charge >= 0.3 is 0 Å². The van der Waals surface area contributed by atoms with Crippen molar-refractivity contribution in [1.29, 1.82) is 0 Å². The van der Waals surface area contributed by atoms with Crippen molar-refractivity contribution in [2.24, 2.45) is 4.99 Å². The molecule has 0 unspecified atom stereocenters. The molecule has 0 amide bonds. The topological polar surface area (TPSA) is 33.6 Å². The van der Waals surface area contributed by atoms with E-state index in [9.17, 15) is 4.39 Å². The summed E-state index contributed by atoms with van der Waals surface area (Å²) in [6.45, 7) is 0.716. The minimum absolute atomic E-state index is 0.00127. The number of aliphatic imine (C=N–C) groups is 1. The van der Waals surface area contributed by atoms with Gasteiger partial charge in [-0.3, -0.25) is 4.99 Å². The van der Waals surface area contributed by atoms with Crippen molar-refractivity contribution in [3.8, 4) is 0 Å². The van der Waals surface area contributed by atoms with Gasteiger partial charge in [-0.05, 0) is 28.8 Å². The highest BCUT2D eigenvalue weighted by Gasteiger charge is 2.30. The summed E-state index contributed by atoms with van der Waals surface area (Å²) in [6.07, 6.45) is 0. The predicted molar refractivity (Wildman–Crippen MR) is 105 cm³/mol. The lowest BCUT2D eigenvalue weighted by molar-refractivity contribution is 0.156. The summed E-state index contributed by atoms with van der Waals surface area (Å²) < 4.78 is 19.0. The Morgan fingerprint density at radius 3 is 2.22 bits per heavy atom. The molecule has 0 saturated heterocycles. The zero-order valence-corrected chi connectivity index (χ0v) is 14.9. The molecule has 0 bridgehead atoms. The summed E-state index contributed by atoms with van der Waals surface area (Å²) in [5.41, 5.74) is 3.17. The summed E-state index contributed by atoms with van der Waals surface area (Å²) >= 11 is 0. The van der Waals surface area contributed by atoms with Crippen LogP contribution in [0.5, 0.6) is 0 Å². The van der Waals surface area contributed by atoms with E-state index in [1.54, 1.807) is 6.07 Å². The summed E-state index contributed by atoms with van der Waals surface area (Å²) in [4.78, 5) is 4.87. The molecule has 0 spiro atoms. The van der Waals surface area contributed by atoms with Crippen molar-refractivity contribution in [3.63, 3.8) is 0 Å².